The number of likely N-dealkylation sites (tertiary alicyclic amines) is 1. The summed E-state index contributed by atoms with van der Waals surface area (Å²) in [5.74, 6) is -0.835. The molecule has 0 aromatic heterocycles. The molecule has 1 saturated heterocycles. The lowest BCUT2D eigenvalue weighted by molar-refractivity contribution is -0.137. The number of nitrogen functional groups attached to an aromatic ring is 1. The van der Waals surface area contributed by atoms with E-state index >= 15 is 0 Å². The number of nitrogens with two attached hydrogens (primary N) is 1. The molecule has 0 radical (unpaired) electrons. The standard InChI is InChI=1S/C24H31N5O4S/c1-17-5-11-20(12-6-17)34(32,33)27-16-22(30)28-21(24(31)29-13-3-2-4-14-29)15-18-7-9-19(10-8-18)23(25)26/h5-12,21,27H,2-4,13-16H2,1H3,(H3,25,26)(H,28,30)/t21-/m0/s1. The number of carbonyl (C=O) groups excluding carboxylic acids is 2. The number of carbonyl (C=O) groups is 2. The number of hydrogen-bond acceptors (Lipinski definition) is 5. The Hall–Kier alpha value is -3.24. The lowest BCUT2D eigenvalue weighted by Gasteiger charge is -2.31. The summed E-state index contributed by atoms with van der Waals surface area (Å²) in [7, 11) is -3.86. The third-order valence-corrected chi connectivity index (χ3v) is 7.18. The number of sulfonamides is 1. The second-order valence-corrected chi connectivity index (χ2v) is 10.2. The molecule has 9 nitrogen and oxygen atoms in total. The number of amides is 2. The van der Waals surface area contributed by atoms with Gasteiger partial charge in [0.25, 0.3) is 0 Å². The number of amidine groups is 1. The Bertz CT molecular complexity index is 1120. The molecule has 34 heavy (non-hydrogen) atoms. The lowest BCUT2D eigenvalue weighted by Crippen LogP contribution is -2.52. The van der Waals surface area contributed by atoms with Gasteiger partial charge in [-0.2, -0.15) is 0 Å². The summed E-state index contributed by atoms with van der Waals surface area (Å²) in [6.07, 6.45) is 3.13. The first-order valence-corrected chi connectivity index (χ1v) is 12.7. The fourth-order valence-electron chi connectivity index (χ4n) is 3.80. The Labute approximate surface area is 200 Å². The van der Waals surface area contributed by atoms with Crippen LogP contribution in [0.2, 0.25) is 0 Å². The zero-order chi connectivity index (χ0) is 24.7. The van der Waals surface area contributed by atoms with Gasteiger partial charge in [0.15, 0.2) is 0 Å². The fourth-order valence-corrected chi connectivity index (χ4v) is 4.78. The highest BCUT2D eigenvalue weighted by Gasteiger charge is 2.28. The van der Waals surface area contributed by atoms with E-state index in [2.05, 4.69) is 10.0 Å². The molecule has 1 heterocycles. The monoisotopic (exact) mass is 485 g/mol. The number of hydrogen-bond donors (Lipinski definition) is 4. The first-order valence-electron chi connectivity index (χ1n) is 11.2. The molecule has 1 fully saturated rings. The Morgan fingerprint density at radius 3 is 2.24 bits per heavy atom. The Morgan fingerprint density at radius 2 is 1.65 bits per heavy atom. The van der Waals surface area contributed by atoms with E-state index in [9.17, 15) is 18.0 Å². The van der Waals surface area contributed by atoms with Crippen LogP contribution in [0.5, 0.6) is 0 Å². The molecule has 0 aliphatic carbocycles. The number of aryl methyl sites for hydroxylation is 1. The van der Waals surface area contributed by atoms with Crippen molar-refractivity contribution in [2.24, 2.45) is 5.73 Å². The molecule has 2 amide bonds. The van der Waals surface area contributed by atoms with E-state index < -0.39 is 28.5 Å². The van der Waals surface area contributed by atoms with Crippen molar-refractivity contribution in [1.82, 2.24) is 14.9 Å². The van der Waals surface area contributed by atoms with Crippen LogP contribution in [0.15, 0.2) is 53.4 Å². The molecule has 1 atom stereocenters. The van der Waals surface area contributed by atoms with Crippen molar-refractivity contribution in [3.8, 4) is 0 Å². The van der Waals surface area contributed by atoms with E-state index in [1.165, 1.54) is 12.1 Å². The second-order valence-electron chi connectivity index (χ2n) is 8.46. The maximum Gasteiger partial charge on any atom is 0.245 e. The van der Waals surface area contributed by atoms with Crippen LogP contribution in [0, 0.1) is 12.3 Å². The highest BCUT2D eigenvalue weighted by molar-refractivity contribution is 7.89. The Morgan fingerprint density at radius 1 is 1.03 bits per heavy atom. The summed E-state index contributed by atoms with van der Waals surface area (Å²) in [6.45, 7) is 2.64. The fraction of sp³-hybridized carbons (Fsp3) is 0.375. The summed E-state index contributed by atoms with van der Waals surface area (Å²) in [5.41, 5.74) is 7.79. The third kappa shape index (κ3) is 6.88. The average molecular weight is 486 g/mol. The molecule has 2 aromatic carbocycles. The average Bonchev–Trinajstić information content (AvgIpc) is 2.83. The maximum atomic E-state index is 13.2. The highest BCUT2D eigenvalue weighted by atomic mass is 32.2. The van der Waals surface area contributed by atoms with Crippen molar-refractivity contribution in [2.45, 2.75) is 43.5 Å². The van der Waals surface area contributed by atoms with Crippen molar-refractivity contribution < 1.29 is 18.0 Å². The van der Waals surface area contributed by atoms with E-state index in [0.29, 0.717) is 18.7 Å². The largest absolute Gasteiger partial charge is 0.384 e. The van der Waals surface area contributed by atoms with Gasteiger partial charge in [-0.05, 0) is 43.9 Å². The minimum Gasteiger partial charge on any atom is -0.384 e. The van der Waals surface area contributed by atoms with Gasteiger partial charge in [0.1, 0.15) is 11.9 Å². The van der Waals surface area contributed by atoms with Gasteiger partial charge in [-0.1, -0.05) is 42.0 Å². The van der Waals surface area contributed by atoms with Gasteiger partial charge in [0, 0.05) is 25.1 Å². The molecule has 1 aliphatic heterocycles. The zero-order valence-electron chi connectivity index (χ0n) is 19.2. The summed E-state index contributed by atoms with van der Waals surface area (Å²) in [4.78, 5) is 27.7. The van der Waals surface area contributed by atoms with Gasteiger partial charge in [0.2, 0.25) is 21.8 Å². The number of rotatable bonds is 9. The van der Waals surface area contributed by atoms with Crippen LogP contribution in [0.25, 0.3) is 0 Å². The van der Waals surface area contributed by atoms with Gasteiger partial charge in [-0.25, -0.2) is 13.1 Å². The minimum absolute atomic E-state index is 0.0540. The molecule has 0 saturated carbocycles. The van der Waals surface area contributed by atoms with Gasteiger partial charge in [-0.3, -0.25) is 15.0 Å². The SMILES string of the molecule is Cc1ccc(S(=O)(=O)NCC(=O)N[C@@H](Cc2ccc(C(=N)N)cc2)C(=O)N2CCCCC2)cc1. The number of benzene rings is 2. The molecule has 1 aliphatic rings. The van der Waals surface area contributed by atoms with Crippen molar-refractivity contribution in [3.05, 3.63) is 65.2 Å². The van der Waals surface area contributed by atoms with E-state index in [0.717, 1.165) is 30.4 Å². The molecule has 0 unspecified atom stereocenters. The number of piperidine rings is 1. The zero-order valence-corrected chi connectivity index (χ0v) is 20.0. The molecule has 5 N–H and O–H groups in total. The van der Waals surface area contributed by atoms with E-state index in [1.54, 1.807) is 41.3 Å². The molecular weight excluding hydrogens is 454 g/mol. The van der Waals surface area contributed by atoms with Crippen LogP contribution >= 0.6 is 0 Å². The summed E-state index contributed by atoms with van der Waals surface area (Å²) in [5, 5.41) is 10.2. The molecule has 10 heteroatoms. The summed E-state index contributed by atoms with van der Waals surface area (Å²) in [6, 6.07) is 12.4. The highest BCUT2D eigenvalue weighted by Crippen LogP contribution is 2.14. The normalized spacial score (nSPS) is 14.9. The van der Waals surface area contributed by atoms with Crippen molar-refractivity contribution in [3.63, 3.8) is 0 Å². The second kappa shape index (κ2) is 11.3. The summed E-state index contributed by atoms with van der Waals surface area (Å²) >= 11 is 0. The van der Waals surface area contributed by atoms with Gasteiger partial charge >= 0.3 is 0 Å². The molecule has 2 aromatic rings. The predicted molar refractivity (Wildman–Crippen MR) is 130 cm³/mol. The lowest BCUT2D eigenvalue weighted by atomic mass is 10.0. The van der Waals surface area contributed by atoms with E-state index in [-0.39, 0.29) is 23.1 Å². The Balaban J connectivity index is 1.69. The number of nitrogens with zero attached hydrogens (tertiary/aromatic N) is 1. The van der Waals surface area contributed by atoms with Crippen LogP contribution in [-0.2, 0) is 26.0 Å². The first kappa shape index (κ1) is 25.4. The van der Waals surface area contributed by atoms with Crippen molar-refractivity contribution in [2.75, 3.05) is 19.6 Å². The molecule has 0 spiro atoms. The topological polar surface area (TPSA) is 145 Å². The Kier molecular flexibility index (Phi) is 8.41. The van der Waals surface area contributed by atoms with Crippen LogP contribution in [-0.4, -0.2) is 56.6 Å². The van der Waals surface area contributed by atoms with E-state index in [4.69, 9.17) is 11.1 Å². The van der Waals surface area contributed by atoms with Gasteiger partial charge < -0.3 is 16.0 Å². The number of nitrogens with one attached hydrogen (secondary N) is 3. The quantitative estimate of drug-likeness (QED) is 0.312. The molecule has 0 bridgehead atoms. The summed E-state index contributed by atoms with van der Waals surface area (Å²) < 4.78 is 27.3. The molecular formula is C24H31N5O4S. The van der Waals surface area contributed by atoms with E-state index in [1.807, 2.05) is 6.92 Å². The molecule has 3 rings (SSSR count). The van der Waals surface area contributed by atoms with Gasteiger partial charge in [-0.15, -0.1) is 0 Å². The van der Waals surface area contributed by atoms with Crippen molar-refractivity contribution in [1.29, 1.82) is 5.41 Å². The third-order valence-electron chi connectivity index (χ3n) is 5.76. The van der Waals surface area contributed by atoms with Crippen LogP contribution in [0.1, 0.15) is 36.0 Å². The van der Waals surface area contributed by atoms with Gasteiger partial charge in [0.05, 0.1) is 11.4 Å². The van der Waals surface area contributed by atoms with Crippen LogP contribution in [0.4, 0.5) is 0 Å². The first-order chi connectivity index (χ1) is 16.2. The maximum absolute atomic E-state index is 13.2. The van der Waals surface area contributed by atoms with Crippen LogP contribution < -0.4 is 15.8 Å². The minimum atomic E-state index is -3.86. The molecule has 182 valence electrons. The predicted octanol–water partition coefficient (Wildman–Crippen LogP) is 1.30. The smallest absolute Gasteiger partial charge is 0.245 e. The van der Waals surface area contributed by atoms with Crippen LogP contribution in [0.3, 0.4) is 0 Å². The van der Waals surface area contributed by atoms with Crippen molar-refractivity contribution >= 4 is 27.7 Å².